The summed E-state index contributed by atoms with van der Waals surface area (Å²) >= 11 is 0. The number of aryl methyl sites for hydroxylation is 1. The van der Waals surface area contributed by atoms with Gasteiger partial charge in [0.05, 0.1) is 4.90 Å². The van der Waals surface area contributed by atoms with Crippen molar-refractivity contribution in [2.24, 2.45) is 0 Å². The number of rotatable bonds is 5. The van der Waals surface area contributed by atoms with E-state index < -0.39 is 9.84 Å². The number of pyridine rings is 1. The van der Waals surface area contributed by atoms with E-state index >= 15 is 0 Å². The van der Waals surface area contributed by atoms with Crippen molar-refractivity contribution in [1.29, 1.82) is 0 Å². The molecular formula is C18H23N3O2S. The summed E-state index contributed by atoms with van der Waals surface area (Å²) in [5.41, 5.74) is 2.63. The summed E-state index contributed by atoms with van der Waals surface area (Å²) < 4.78 is 23.6. The van der Waals surface area contributed by atoms with Crippen LogP contribution in [0, 0.1) is 6.92 Å². The number of nitrogens with one attached hydrogen (secondary N) is 1. The van der Waals surface area contributed by atoms with Crippen LogP contribution < -0.4 is 10.2 Å². The quantitative estimate of drug-likeness (QED) is 0.902. The first-order valence-corrected chi connectivity index (χ1v) is 10.1. The van der Waals surface area contributed by atoms with Crippen LogP contribution in [0.25, 0.3) is 0 Å². The SMILES string of the molecule is Cc1ccc(NCc2ccc(N3CCCC3)nc2)cc1S(C)(=O)=O. The van der Waals surface area contributed by atoms with E-state index in [0.29, 0.717) is 11.4 Å². The van der Waals surface area contributed by atoms with Crippen molar-refractivity contribution in [2.45, 2.75) is 31.2 Å². The number of hydrogen-bond acceptors (Lipinski definition) is 5. The van der Waals surface area contributed by atoms with E-state index in [2.05, 4.69) is 27.3 Å². The zero-order valence-electron chi connectivity index (χ0n) is 14.1. The minimum atomic E-state index is -3.21. The molecule has 3 rings (SSSR count). The highest BCUT2D eigenvalue weighted by Gasteiger charge is 2.13. The predicted molar refractivity (Wildman–Crippen MR) is 97.3 cm³/mol. The van der Waals surface area contributed by atoms with Crippen LogP contribution in [0.1, 0.15) is 24.0 Å². The molecule has 2 heterocycles. The molecule has 0 spiro atoms. The number of sulfone groups is 1. The summed E-state index contributed by atoms with van der Waals surface area (Å²) in [7, 11) is -3.21. The highest BCUT2D eigenvalue weighted by molar-refractivity contribution is 7.90. The molecule has 6 heteroatoms. The van der Waals surface area contributed by atoms with Gasteiger partial charge in [0, 0.05) is 37.8 Å². The molecule has 24 heavy (non-hydrogen) atoms. The molecule has 1 aliphatic rings. The molecule has 0 amide bonds. The second kappa shape index (κ2) is 6.81. The maximum absolute atomic E-state index is 11.8. The van der Waals surface area contributed by atoms with Crippen LogP contribution in [-0.2, 0) is 16.4 Å². The average molecular weight is 345 g/mol. The maximum atomic E-state index is 11.8. The number of aromatic nitrogens is 1. The fourth-order valence-corrected chi connectivity index (χ4v) is 3.96. The Bertz CT molecular complexity index is 811. The third kappa shape index (κ3) is 3.87. The molecule has 128 valence electrons. The molecule has 1 fully saturated rings. The summed E-state index contributed by atoms with van der Waals surface area (Å²) in [6.07, 6.45) is 5.59. The maximum Gasteiger partial charge on any atom is 0.175 e. The monoisotopic (exact) mass is 345 g/mol. The van der Waals surface area contributed by atoms with Gasteiger partial charge in [-0.25, -0.2) is 13.4 Å². The first kappa shape index (κ1) is 16.8. The van der Waals surface area contributed by atoms with Gasteiger partial charge in [-0.3, -0.25) is 0 Å². The lowest BCUT2D eigenvalue weighted by Gasteiger charge is -2.16. The third-order valence-corrected chi connectivity index (χ3v) is 5.56. The normalized spacial score (nSPS) is 14.8. The fourth-order valence-electron chi connectivity index (χ4n) is 2.97. The van der Waals surface area contributed by atoms with Crippen molar-refractivity contribution in [3.8, 4) is 0 Å². The van der Waals surface area contributed by atoms with Crippen LogP contribution in [0.4, 0.5) is 11.5 Å². The molecular weight excluding hydrogens is 322 g/mol. The van der Waals surface area contributed by atoms with E-state index in [1.165, 1.54) is 19.1 Å². The Kier molecular flexibility index (Phi) is 4.76. The van der Waals surface area contributed by atoms with Crippen molar-refractivity contribution in [3.05, 3.63) is 47.7 Å². The van der Waals surface area contributed by atoms with Gasteiger partial charge in [0.2, 0.25) is 0 Å². The zero-order chi connectivity index (χ0) is 17.2. The fraction of sp³-hybridized carbons (Fsp3) is 0.389. The molecule has 0 atom stereocenters. The van der Waals surface area contributed by atoms with Crippen LogP contribution in [0.2, 0.25) is 0 Å². The zero-order valence-corrected chi connectivity index (χ0v) is 14.9. The minimum absolute atomic E-state index is 0.370. The Hall–Kier alpha value is -2.08. The van der Waals surface area contributed by atoms with Gasteiger partial charge in [-0.15, -0.1) is 0 Å². The van der Waals surface area contributed by atoms with E-state index in [1.807, 2.05) is 18.3 Å². The lowest BCUT2D eigenvalue weighted by Crippen LogP contribution is -2.18. The van der Waals surface area contributed by atoms with Crippen molar-refractivity contribution < 1.29 is 8.42 Å². The summed E-state index contributed by atoms with van der Waals surface area (Å²) in [5.74, 6) is 1.03. The lowest BCUT2D eigenvalue weighted by atomic mass is 10.2. The average Bonchev–Trinajstić information content (AvgIpc) is 3.08. The van der Waals surface area contributed by atoms with E-state index in [-0.39, 0.29) is 0 Å². The largest absolute Gasteiger partial charge is 0.381 e. The Morgan fingerprint density at radius 1 is 1.17 bits per heavy atom. The standard InChI is InChI=1S/C18H23N3O2S/c1-14-5-7-16(11-17(14)24(2,22)23)19-12-15-6-8-18(20-13-15)21-9-3-4-10-21/h5-8,11,13,19H,3-4,9-10,12H2,1-2H3. The molecule has 0 bridgehead atoms. The molecule has 2 aromatic rings. The first-order valence-electron chi connectivity index (χ1n) is 8.18. The smallest absolute Gasteiger partial charge is 0.175 e. The van der Waals surface area contributed by atoms with Gasteiger partial charge in [-0.2, -0.15) is 0 Å². The van der Waals surface area contributed by atoms with Crippen LogP contribution in [0.5, 0.6) is 0 Å². The number of anilines is 2. The molecule has 1 aliphatic heterocycles. The third-order valence-electron chi connectivity index (χ3n) is 4.32. The molecule has 0 radical (unpaired) electrons. The van der Waals surface area contributed by atoms with Crippen molar-refractivity contribution in [1.82, 2.24) is 4.98 Å². The number of benzene rings is 1. The second-order valence-corrected chi connectivity index (χ2v) is 8.31. The summed E-state index contributed by atoms with van der Waals surface area (Å²) in [6, 6.07) is 9.54. The molecule has 0 saturated carbocycles. The number of nitrogens with zero attached hydrogens (tertiary/aromatic N) is 2. The van der Waals surface area contributed by atoms with E-state index in [4.69, 9.17) is 0 Å². The number of hydrogen-bond donors (Lipinski definition) is 1. The van der Waals surface area contributed by atoms with Gasteiger partial charge in [0.15, 0.2) is 9.84 Å². The van der Waals surface area contributed by atoms with Gasteiger partial charge in [0.25, 0.3) is 0 Å². The van der Waals surface area contributed by atoms with Gasteiger partial charge in [-0.1, -0.05) is 12.1 Å². The molecule has 0 unspecified atom stereocenters. The first-order chi connectivity index (χ1) is 11.4. The van der Waals surface area contributed by atoms with Crippen LogP contribution >= 0.6 is 0 Å². The molecule has 0 aliphatic carbocycles. The highest BCUT2D eigenvalue weighted by Crippen LogP contribution is 2.21. The second-order valence-electron chi connectivity index (χ2n) is 6.32. The molecule has 5 nitrogen and oxygen atoms in total. The lowest BCUT2D eigenvalue weighted by molar-refractivity contribution is 0.601. The highest BCUT2D eigenvalue weighted by atomic mass is 32.2. The van der Waals surface area contributed by atoms with Gasteiger partial charge in [-0.05, 0) is 49.1 Å². The predicted octanol–water partition coefficient (Wildman–Crippen LogP) is 3.01. The van der Waals surface area contributed by atoms with Crippen molar-refractivity contribution in [3.63, 3.8) is 0 Å². The van der Waals surface area contributed by atoms with E-state index in [9.17, 15) is 8.42 Å². The van der Waals surface area contributed by atoms with E-state index in [1.54, 1.807) is 13.0 Å². The molecule has 1 saturated heterocycles. The Morgan fingerprint density at radius 2 is 1.92 bits per heavy atom. The van der Waals surface area contributed by atoms with Gasteiger partial charge >= 0.3 is 0 Å². The van der Waals surface area contributed by atoms with Crippen LogP contribution in [0.15, 0.2) is 41.4 Å². The Morgan fingerprint density at radius 3 is 2.54 bits per heavy atom. The van der Waals surface area contributed by atoms with Crippen LogP contribution in [0.3, 0.4) is 0 Å². The van der Waals surface area contributed by atoms with Gasteiger partial charge in [0.1, 0.15) is 5.82 Å². The summed E-state index contributed by atoms with van der Waals surface area (Å²) in [5, 5.41) is 3.27. The van der Waals surface area contributed by atoms with Crippen molar-refractivity contribution in [2.75, 3.05) is 29.6 Å². The summed E-state index contributed by atoms with van der Waals surface area (Å²) in [6.45, 7) is 4.59. The van der Waals surface area contributed by atoms with E-state index in [0.717, 1.165) is 35.7 Å². The topological polar surface area (TPSA) is 62.3 Å². The van der Waals surface area contributed by atoms with Crippen LogP contribution in [-0.4, -0.2) is 32.7 Å². The molecule has 1 N–H and O–H groups in total. The summed E-state index contributed by atoms with van der Waals surface area (Å²) in [4.78, 5) is 7.21. The van der Waals surface area contributed by atoms with Crippen molar-refractivity contribution >= 4 is 21.3 Å². The Labute approximate surface area is 143 Å². The minimum Gasteiger partial charge on any atom is -0.381 e. The van der Waals surface area contributed by atoms with Gasteiger partial charge < -0.3 is 10.2 Å². The molecule has 1 aromatic heterocycles. The Balaban J connectivity index is 1.67. The molecule has 1 aromatic carbocycles.